The van der Waals surface area contributed by atoms with Gasteiger partial charge in [-0.2, -0.15) is 0 Å². The quantitative estimate of drug-likeness (QED) is 0.794. The molecule has 1 atom stereocenters. The number of benzene rings is 1. The van der Waals surface area contributed by atoms with E-state index in [0.717, 1.165) is 0 Å². The van der Waals surface area contributed by atoms with Gasteiger partial charge >= 0.3 is 5.97 Å². The van der Waals surface area contributed by atoms with E-state index in [0.29, 0.717) is 28.9 Å². The fraction of sp³-hybridized carbons (Fsp3) is 0.357. The van der Waals surface area contributed by atoms with Gasteiger partial charge in [-0.05, 0) is 13.8 Å². The number of fused-ring (bicyclic) bond motifs is 2. The van der Waals surface area contributed by atoms with Gasteiger partial charge < -0.3 is 14.9 Å². The van der Waals surface area contributed by atoms with Crippen molar-refractivity contribution in [2.75, 3.05) is 0 Å². The Hall–Kier alpha value is -1.81. The van der Waals surface area contributed by atoms with Crippen molar-refractivity contribution in [3.05, 3.63) is 41.0 Å². The Kier molecular flexibility index (Phi) is 1.97. The number of carboxylic acids is 1. The number of hydrogen-bond donors (Lipinski definition) is 2. The monoisotopic (exact) mass is 246 g/mol. The van der Waals surface area contributed by atoms with Gasteiger partial charge in [-0.25, -0.2) is 4.79 Å². The van der Waals surface area contributed by atoms with Crippen LogP contribution in [0.4, 0.5) is 0 Å². The minimum absolute atomic E-state index is 0.401. The van der Waals surface area contributed by atoms with Crippen LogP contribution in [0.2, 0.25) is 0 Å². The lowest BCUT2D eigenvalue weighted by Gasteiger charge is -2.26. The molecule has 1 aromatic carbocycles. The summed E-state index contributed by atoms with van der Waals surface area (Å²) in [7, 11) is 0. The third-order valence-electron chi connectivity index (χ3n) is 3.56. The molecule has 1 aliphatic carbocycles. The Morgan fingerprint density at radius 2 is 2.00 bits per heavy atom. The summed E-state index contributed by atoms with van der Waals surface area (Å²) in [6, 6.07) is 6.96. The normalized spacial score (nSPS) is 27.7. The molecule has 2 aliphatic rings. The van der Waals surface area contributed by atoms with Crippen molar-refractivity contribution in [1.29, 1.82) is 0 Å². The molecule has 1 aromatic rings. The predicted molar refractivity (Wildman–Crippen MR) is 64.7 cm³/mol. The Labute approximate surface area is 105 Å². The first-order valence-electron chi connectivity index (χ1n) is 5.84. The van der Waals surface area contributed by atoms with Gasteiger partial charge in [-0.3, -0.25) is 0 Å². The lowest BCUT2D eigenvalue weighted by molar-refractivity contribution is -0.155. The van der Waals surface area contributed by atoms with Crippen molar-refractivity contribution in [3.8, 4) is 0 Å². The van der Waals surface area contributed by atoms with Crippen molar-refractivity contribution in [2.45, 2.75) is 31.5 Å². The largest absolute Gasteiger partial charge is 0.487 e. The minimum Gasteiger partial charge on any atom is -0.487 e. The first kappa shape index (κ1) is 11.3. The molecule has 1 heterocycles. The molecule has 0 saturated carbocycles. The second-order valence-electron chi connectivity index (χ2n) is 5.41. The van der Waals surface area contributed by atoms with Gasteiger partial charge in [0, 0.05) is 23.1 Å². The van der Waals surface area contributed by atoms with Crippen LogP contribution in [-0.4, -0.2) is 21.8 Å². The average molecular weight is 246 g/mol. The summed E-state index contributed by atoms with van der Waals surface area (Å²) in [6.07, 6.45) is 0.416. The van der Waals surface area contributed by atoms with Crippen LogP contribution in [0.15, 0.2) is 29.8 Å². The highest BCUT2D eigenvalue weighted by molar-refractivity contribution is 5.93. The molecule has 1 unspecified atom stereocenters. The molecule has 18 heavy (non-hydrogen) atoms. The molecule has 0 fully saturated rings. The zero-order valence-corrected chi connectivity index (χ0v) is 10.2. The average Bonchev–Trinajstić information content (AvgIpc) is 2.73. The summed E-state index contributed by atoms with van der Waals surface area (Å²) in [6.45, 7) is 3.77. The summed E-state index contributed by atoms with van der Waals surface area (Å²) < 4.78 is 5.80. The molecule has 3 rings (SSSR count). The fourth-order valence-corrected chi connectivity index (χ4v) is 2.79. The summed E-state index contributed by atoms with van der Waals surface area (Å²) in [5.41, 5.74) is -0.872. The lowest BCUT2D eigenvalue weighted by atomic mass is 9.85. The molecule has 94 valence electrons. The van der Waals surface area contributed by atoms with E-state index in [2.05, 4.69) is 0 Å². The van der Waals surface area contributed by atoms with E-state index >= 15 is 0 Å². The first-order chi connectivity index (χ1) is 8.36. The molecule has 1 aliphatic heterocycles. The fourth-order valence-electron chi connectivity index (χ4n) is 2.79. The van der Waals surface area contributed by atoms with E-state index in [1.165, 1.54) is 0 Å². The molecule has 4 heteroatoms. The molecule has 0 saturated heterocycles. The topological polar surface area (TPSA) is 66.8 Å². The summed E-state index contributed by atoms with van der Waals surface area (Å²) in [5, 5.41) is 20.0. The Balaban J connectivity index is 2.25. The lowest BCUT2D eigenvalue weighted by Crippen LogP contribution is -2.37. The maximum absolute atomic E-state index is 11.5. The molecular weight excluding hydrogens is 232 g/mol. The number of aliphatic hydroxyl groups is 1. The Bertz CT molecular complexity index is 585. The van der Waals surface area contributed by atoms with Crippen molar-refractivity contribution >= 4 is 11.7 Å². The second-order valence-corrected chi connectivity index (χ2v) is 5.41. The molecule has 0 radical (unpaired) electrons. The smallest absolute Gasteiger partial charge is 0.345 e. The Morgan fingerprint density at radius 3 is 2.67 bits per heavy atom. The van der Waals surface area contributed by atoms with Crippen LogP contribution in [0.5, 0.6) is 0 Å². The zero-order chi connectivity index (χ0) is 13.1. The van der Waals surface area contributed by atoms with Gasteiger partial charge in [0.05, 0.1) is 0 Å². The molecule has 4 nitrogen and oxygen atoms in total. The van der Waals surface area contributed by atoms with Gasteiger partial charge in [0.15, 0.2) is 0 Å². The van der Waals surface area contributed by atoms with Crippen molar-refractivity contribution < 1.29 is 19.7 Å². The Morgan fingerprint density at radius 1 is 1.33 bits per heavy atom. The number of carboxylic acid groups (broad SMARTS) is 1. The highest BCUT2D eigenvalue weighted by Crippen LogP contribution is 2.53. The third-order valence-corrected chi connectivity index (χ3v) is 3.56. The molecular formula is C14H14O4. The van der Waals surface area contributed by atoms with Crippen LogP contribution in [-0.2, 0) is 15.1 Å². The van der Waals surface area contributed by atoms with Crippen molar-refractivity contribution in [2.24, 2.45) is 0 Å². The van der Waals surface area contributed by atoms with E-state index in [4.69, 9.17) is 4.74 Å². The summed E-state index contributed by atoms with van der Waals surface area (Å²) >= 11 is 0. The van der Waals surface area contributed by atoms with E-state index < -0.39 is 17.2 Å². The number of ether oxygens (including phenoxy) is 1. The SMILES string of the molecule is CC1(C)CC2=C(O1)c1ccccc1C2(O)C(=O)O. The summed E-state index contributed by atoms with van der Waals surface area (Å²) in [4.78, 5) is 11.5. The number of carbonyl (C=O) groups is 1. The maximum Gasteiger partial charge on any atom is 0.345 e. The highest BCUT2D eigenvalue weighted by atomic mass is 16.5. The highest BCUT2D eigenvalue weighted by Gasteiger charge is 2.55. The minimum atomic E-state index is -1.94. The van der Waals surface area contributed by atoms with Gasteiger partial charge in [-0.15, -0.1) is 0 Å². The van der Waals surface area contributed by atoms with Gasteiger partial charge in [0.25, 0.3) is 0 Å². The van der Waals surface area contributed by atoms with Crippen LogP contribution in [0.3, 0.4) is 0 Å². The van der Waals surface area contributed by atoms with E-state index in [1.54, 1.807) is 18.2 Å². The predicted octanol–water partition coefficient (Wildman–Crippen LogP) is 1.88. The molecule has 2 N–H and O–H groups in total. The van der Waals surface area contributed by atoms with Crippen LogP contribution < -0.4 is 0 Å². The maximum atomic E-state index is 11.5. The van der Waals surface area contributed by atoms with Gasteiger partial charge in [0.2, 0.25) is 5.60 Å². The van der Waals surface area contributed by atoms with Crippen LogP contribution in [0, 0.1) is 0 Å². The number of aliphatic carboxylic acids is 1. The van der Waals surface area contributed by atoms with E-state index in [1.807, 2.05) is 19.9 Å². The van der Waals surface area contributed by atoms with Crippen molar-refractivity contribution in [3.63, 3.8) is 0 Å². The molecule has 0 spiro atoms. The number of rotatable bonds is 1. The van der Waals surface area contributed by atoms with Gasteiger partial charge in [0.1, 0.15) is 11.4 Å². The van der Waals surface area contributed by atoms with E-state index in [9.17, 15) is 15.0 Å². The standard InChI is InChI=1S/C14H14O4/c1-13(2)7-10-11(18-13)8-5-3-4-6-9(8)14(10,17)12(15)16/h3-6,17H,7H2,1-2H3,(H,15,16). The van der Waals surface area contributed by atoms with Crippen LogP contribution in [0.25, 0.3) is 5.76 Å². The summed E-state index contributed by atoms with van der Waals surface area (Å²) in [5.74, 6) is -0.721. The van der Waals surface area contributed by atoms with Gasteiger partial charge in [-0.1, -0.05) is 24.3 Å². The van der Waals surface area contributed by atoms with Crippen LogP contribution >= 0.6 is 0 Å². The zero-order valence-electron chi connectivity index (χ0n) is 10.2. The number of hydrogen-bond acceptors (Lipinski definition) is 3. The van der Waals surface area contributed by atoms with E-state index in [-0.39, 0.29) is 0 Å². The first-order valence-corrected chi connectivity index (χ1v) is 5.84. The molecule has 0 amide bonds. The second kappa shape index (κ2) is 3.14. The third kappa shape index (κ3) is 1.21. The molecule has 0 aromatic heterocycles. The van der Waals surface area contributed by atoms with Crippen LogP contribution in [0.1, 0.15) is 31.4 Å². The molecule has 0 bridgehead atoms. The van der Waals surface area contributed by atoms with Crippen molar-refractivity contribution in [1.82, 2.24) is 0 Å².